The smallest absolute Gasteiger partial charge is 0.278 e. The average Bonchev–Trinajstić information content (AvgIpc) is 3.06. The maximum Gasteiger partial charge on any atom is 0.278 e. The van der Waals surface area contributed by atoms with E-state index in [1.807, 2.05) is 18.2 Å². The number of hydrogen-bond donors (Lipinski definition) is 2. The summed E-state index contributed by atoms with van der Waals surface area (Å²) in [5.74, 6) is -0.367. The lowest BCUT2D eigenvalue weighted by Crippen LogP contribution is -2.14. The van der Waals surface area contributed by atoms with E-state index >= 15 is 0 Å². The molecule has 4 aromatic rings. The van der Waals surface area contributed by atoms with Gasteiger partial charge in [-0.1, -0.05) is 24.3 Å². The molecule has 7 heteroatoms. The fourth-order valence-electron chi connectivity index (χ4n) is 3.10. The Balaban J connectivity index is 1.84. The number of nitrogens with one attached hydrogen (secondary N) is 1. The Bertz CT molecular complexity index is 1170. The summed E-state index contributed by atoms with van der Waals surface area (Å²) < 4.78 is 21.4. The number of carbonyl (C=O) groups excluding carboxylic acids is 1. The van der Waals surface area contributed by atoms with Gasteiger partial charge in [-0.25, -0.2) is 9.37 Å². The number of methoxy groups -OCH3 is 1. The molecule has 0 aliphatic rings. The number of carbonyl (C=O) groups is 1. The molecule has 0 aliphatic heterocycles. The van der Waals surface area contributed by atoms with Crippen LogP contribution in [0.4, 0.5) is 15.9 Å². The molecule has 2 aromatic heterocycles. The zero-order valence-electron chi connectivity index (χ0n) is 15.0. The third kappa shape index (κ3) is 2.92. The standard InChI is InChI=1S/C21H17FN4O2/c1-28-16-11-5-10-15(22)17(16)14-9-6-12-26-19(23)18(25-20(14)26)21(27)24-13-7-3-2-4-8-13/h2-12H,23H2,1H3,(H,24,27). The van der Waals surface area contributed by atoms with Gasteiger partial charge in [0.05, 0.1) is 12.7 Å². The second-order valence-corrected chi connectivity index (χ2v) is 6.10. The molecule has 0 atom stereocenters. The van der Waals surface area contributed by atoms with E-state index in [0.29, 0.717) is 22.6 Å². The highest BCUT2D eigenvalue weighted by atomic mass is 19.1. The third-order valence-electron chi connectivity index (χ3n) is 4.40. The Kier molecular flexibility index (Phi) is 4.41. The van der Waals surface area contributed by atoms with Crippen LogP contribution in [0, 0.1) is 5.82 Å². The Morgan fingerprint density at radius 3 is 2.64 bits per heavy atom. The van der Waals surface area contributed by atoms with Crippen LogP contribution in [0.5, 0.6) is 5.75 Å². The molecule has 0 unspecified atom stereocenters. The Morgan fingerprint density at radius 1 is 1.11 bits per heavy atom. The normalized spacial score (nSPS) is 10.8. The largest absolute Gasteiger partial charge is 0.496 e. The molecule has 2 heterocycles. The summed E-state index contributed by atoms with van der Waals surface area (Å²) in [6.07, 6.45) is 1.67. The van der Waals surface area contributed by atoms with Crippen LogP contribution < -0.4 is 15.8 Å². The summed E-state index contributed by atoms with van der Waals surface area (Å²) in [4.78, 5) is 17.1. The lowest BCUT2D eigenvalue weighted by molar-refractivity contribution is 0.102. The van der Waals surface area contributed by atoms with E-state index in [9.17, 15) is 9.18 Å². The van der Waals surface area contributed by atoms with Crippen molar-refractivity contribution in [2.45, 2.75) is 0 Å². The zero-order valence-corrected chi connectivity index (χ0v) is 15.0. The minimum Gasteiger partial charge on any atom is -0.496 e. The van der Waals surface area contributed by atoms with E-state index in [2.05, 4.69) is 10.3 Å². The number of ether oxygens (including phenoxy) is 1. The molecule has 0 radical (unpaired) electrons. The number of hydrogen-bond acceptors (Lipinski definition) is 4. The number of pyridine rings is 1. The van der Waals surface area contributed by atoms with Crippen LogP contribution >= 0.6 is 0 Å². The van der Waals surface area contributed by atoms with Gasteiger partial charge in [-0.2, -0.15) is 0 Å². The molecule has 2 aromatic carbocycles. The number of fused-ring (bicyclic) bond motifs is 1. The SMILES string of the molecule is COc1cccc(F)c1-c1cccn2c(N)c(C(=O)Nc3ccccc3)nc12. The Labute approximate surface area is 160 Å². The lowest BCUT2D eigenvalue weighted by atomic mass is 10.1. The molecule has 0 spiro atoms. The minimum absolute atomic E-state index is 0.0617. The van der Waals surface area contributed by atoms with Crippen molar-refractivity contribution < 1.29 is 13.9 Å². The van der Waals surface area contributed by atoms with E-state index in [4.69, 9.17) is 10.5 Å². The van der Waals surface area contributed by atoms with E-state index < -0.39 is 11.7 Å². The number of anilines is 2. The van der Waals surface area contributed by atoms with Crippen molar-refractivity contribution in [1.29, 1.82) is 0 Å². The fourth-order valence-corrected chi connectivity index (χ4v) is 3.10. The second kappa shape index (κ2) is 7.03. The van der Waals surface area contributed by atoms with Gasteiger partial charge >= 0.3 is 0 Å². The summed E-state index contributed by atoms with van der Waals surface area (Å²) in [6, 6.07) is 17.0. The number of nitrogen functional groups attached to an aromatic ring is 1. The molecule has 0 saturated heterocycles. The monoisotopic (exact) mass is 376 g/mol. The number of nitrogens with zero attached hydrogens (tertiary/aromatic N) is 2. The molecule has 0 bridgehead atoms. The van der Waals surface area contributed by atoms with Crippen molar-refractivity contribution in [1.82, 2.24) is 9.38 Å². The highest BCUT2D eigenvalue weighted by Crippen LogP contribution is 2.35. The number of para-hydroxylation sites is 1. The number of rotatable bonds is 4. The van der Waals surface area contributed by atoms with Gasteiger partial charge in [-0.05, 0) is 36.4 Å². The van der Waals surface area contributed by atoms with Gasteiger partial charge in [0.1, 0.15) is 23.0 Å². The third-order valence-corrected chi connectivity index (χ3v) is 4.40. The van der Waals surface area contributed by atoms with Crippen LogP contribution in [-0.4, -0.2) is 22.4 Å². The van der Waals surface area contributed by atoms with Crippen molar-refractivity contribution in [3.8, 4) is 16.9 Å². The minimum atomic E-state index is -0.454. The number of imidazole rings is 1. The van der Waals surface area contributed by atoms with E-state index in [1.165, 1.54) is 13.2 Å². The van der Waals surface area contributed by atoms with Gasteiger partial charge in [-0.3, -0.25) is 9.20 Å². The average molecular weight is 376 g/mol. The summed E-state index contributed by atoms with van der Waals surface area (Å²) in [6.45, 7) is 0. The summed E-state index contributed by atoms with van der Waals surface area (Å²) in [7, 11) is 1.47. The van der Waals surface area contributed by atoms with Crippen molar-refractivity contribution in [2.75, 3.05) is 18.2 Å². The first-order valence-corrected chi connectivity index (χ1v) is 8.56. The van der Waals surface area contributed by atoms with Crippen LogP contribution in [0.1, 0.15) is 10.5 Å². The molecule has 140 valence electrons. The van der Waals surface area contributed by atoms with Gasteiger partial charge in [0, 0.05) is 17.4 Å². The Morgan fingerprint density at radius 2 is 1.89 bits per heavy atom. The van der Waals surface area contributed by atoms with Gasteiger partial charge in [0.25, 0.3) is 5.91 Å². The first kappa shape index (κ1) is 17.5. The molecule has 3 N–H and O–H groups in total. The molecule has 4 rings (SSSR count). The first-order valence-electron chi connectivity index (χ1n) is 8.56. The van der Waals surface area contributed by atoms with Crippen LogP contribution in [0.3, 0.4) is 0 Å². The van der Waals surface area contributed by atoms with Crippen molar-refractivity contribution in [3.05, 3.63) is 78.4 Å². The maximum atomic E-state index is 14.6. The van der Waals surface area contributed by atoms with Crippen LogP contribution in [-0.2, 0) is 0 Å². The molecule has 0 aliphatic carbocycles. The topological polar surface area (TPSA) is 81.6 Å². The van der Waals surface area contributed by atoms with E-state index in [1.54, 1.807) is 47.0 Å². The van der Waals surface area contributed by atoms with Crippen molar-refractivity contribution in [3.63, 3.8) is 0 Å². The maximum absolute atomic E-state index is 14.6. The van der Waals surface area contributed by atoms with E-state index in [0.717, 1.165) is 0 Å². The van der Waals surface area contributed by atoms with Crippen LogP contribution in [0.2, 0.25) is 0 Å². The predicted molar refractivity (Wildman–Crippen MR) is 106 cm³/mol. The molecule has 1 amide bonds. The van der Waals surface area contributed by atoms with Gasteiger partial charge in [0.2, 0.25) is 0 Å². The van der Waals surface area contributed by atoms with Crippen LogP contribution in [0.15, 0.2) is 66.9 Å². The first-order chi connectivity index (χ1) is 13.6. The molecule has 0 fully saturated rings. The lowest BCUT2D eigenvalue weighted by Gasteiger charge is -2.10. The second-order valence-electron chi connectivity index (χ2n) is 6.10. The molecular formula is C21H17FN4O2. The quantitative estimate of drug-likeness (QED) is 0.564. The highest BCUT2D eigenvalue weighted by molar-refractivity contribution is 6.07. The van der Waals surface area contributed by atoms with Gasteiger partial charge in [-0.15, -0.1) is 0 Å². The molecule has 0 saturated carbocycles. The summed E-state index contributed by atoms with van der Waals surface area (Å²) in [5, 5.41) is 2.76. The van der Waals surface area contributed by atoms with Crippen LogP contribution in [0.25, 0.3) is 16.8 Å². The Hall–Kier alpha value is -3.87. The zero-order chi connectivity index (χ0) is 19.7. The molecule has 28 heavy (non-hydrogen) atoms. The molecular weight excluding hydrogens is 359 g/mol. The van der Waals surface area contributed by atoms with Gasteiger partial charge in [0.15, 0.2) is 5.69 Å². The predicted octanol–water partition coefficient (Wildman–Crippen LogP) is 3.98. The highest BCUT2D eigenvalue weighted by Gasteiger charge is 2.21. The number of amides is 1. The fraction of sp³-hybridized carbons (Fsp3) is 0.0476. The van der Waals surface area contributed by atoms with E-state index in [-0.39, 0.29) is 17.1 Å². The number of aromatic nitrogens is 2. The van der Waals surface area contributed by atoms with Gasteiger partial charge < -0.3 is 15.8 Å². The number of halogens is 1. The summed E-state index contributed by atoms with van der Waals surface area (Å²) in [5.41, 5.74) is 7.95. The number of nitrogens with two attached hydrogens (primary N) is 1. The molecule has 6 nitrogen and oxygen atoms in total. The van der Waals surface area contributed by atoms with Crippen molar-refractivity contribution in [2.24, 2.45) is 0 Å². The van der Waals surface area contributed by atoms with Crippen molar-refractivity contribution >= 4 is 23.1 Å². The summed E-state index contributed by atoms with van der Waals surface area (Å²) >= 11 is 0. The number of benzene rings is 2.